The van der Waals surface area contributed by atoms with Crippen molar-refractivity contribution < 1.29 is 4.39 Å². The molecular formula is C23H29FN2S3. The zero-order valence-corrected chi connectivity index (χ0v) is 19.4. The summed E-state index contributed by atoms with van der Waals surface area (Å²) in [6, 6.07) is 7.50. The van der Waals surface area contributed by atoms with Crippen LogP contribution in [0.2, 0.25) is 0 Å². The number of allylic oxidation sites excluding steroid dienone is 1. The first-order valence-corrected chi connectivity index (χ1v) is 13.2. The molecule has 0 N–H and O–H groups in total. The normalized spacial score (nSPS) is 27.0. The Balaban J connectivity index is 1.32. The van der Waals surface area contributed by atoms with Gasteiger partial charge in [0.15, 0.2) is 0 Å². The van der Waals surface area contributed by atoms with Crippen LogP contribution in [0.5, 0.6) is 0 Å². The summed E-state index contributed by atoms with van der Waals surface area (Å²) in [5, 5.41) is 2.27. The molecule has 6 heteroatoms. The number of thioether (sulfide) groups is 3. The number of hydrogen-bond acceptors (Lipinski definition) is 5. The van der Waals surface area contributed by atoms with Crippen molar-refractivity contribution in [1.29, 1.82) is 0 Å². The van der Waals surface area contributed by atoms with Crippen LogP contribution in [0.25, 0.3) is 0 Å². The Bertz CT molecular complexity index is 784. The first kappa shape index (κ1) is 21.4. The molecule has 0 amide bonds. The lowest BCUT2D eigenvalue weighted by atomic mass is 10.0. The van der Waals surface area contributed by atoms with E-state index < -0.39 is 0 Å². The molecule has 156 valence electrons. The van der Waals surface area contributed by atoms with Gasteiger partial charge in [-0.2, -0.15) is 0 Å². The molecule has 2 nitrogen and oxygen atoms in total. The molecule has 0 saturated carbocycles. The molecule has 0 spiro atoms. The minimum Gasteiger partial charge on any atom is -0.371 e. The van der Waals surface area contributed by atoms with E-state index in [1.165, 1.54) is 31.0 Å². The summed E-state index contributed by atoms with van der Waals surface area (Å²) in [5.74, 6) is 1.93. The summed E-state index contributed by atoms with van der Waals surface area (Å²) in [6.45, 7) is 3.27. The zero-order chi connectivity index (χ0) is 20.1. The SMILES string of the molecule is CN1CCCC1C1=CN(CC2(SCCSc3cccc(F)c3)CC=CS2)CC=C1. The number of likely N-dealkylation sites (tertiary alicyclic amines) is 1. The van der Waals surface area contributed by atoms with Crippen LogP contribution < -0.4 is 0 Å². The molecule has 2 unspecified atom stereocenters. The fraction of sp³-hybridized carbons (Fsp3) is 0.478. The van der Waals surface area contributed by atoms with Crippen molar-refractivity contribution in [2.24, 2.45) is 0 Å². The van der Waals surface area contributed by atoms with Crippen molar-refractivity contribution in [2.45, 2.75) is 34.3 Å². The number of likely N-dealkylation sites (N-methyl/N-ethyl adjacent to an activating group) is 1. The summed E-state index contributed by atoms with van der Waals surface area (Å²) < 4.78 is 13.6. The molecule has 2 atom stereocenters. The second kappa shape index (κ2) is 9.99. The van der Waals surface area contributed by atoms with Gasteiger partial charge in [-0.25, -0.2) is 4.39 Å². The van der Waals surface area contributed by atoms with E-state index in [2.05, 4.69) is 58.4 Å². The summed E-state index contributed by atoms with van der Waals surface area (Å²) in [7, 11) is 2.25. The van der Waals surface area contributed by atoms with Crippen LogP contribution in [0.15, 0.2) is 64.6 Å². The van der Waals surface area contributed by atoms with E-state index in [9.17, 15) is 4.39 Å². The molecule has 3 aliphatic heterocycles. The summed E-state index contributed by atoms with van der Waals surface area (Å²) >= 11 is 5.78. The third kappa shape index (κ3) is 5.66. The Morgan fingerprint density at radius 1 is 1.28 bits per heavy atom. The molecule has 1 saturated heterocycles. The second-order valence-corrected chi connectivity index (χ2v) is 12.1. The molecule has 29 heavy (non-hydrogen) atoms. The van der Waals surface area contributed by atoms with Gasteiger partial charge < -0.3 is 4.90 Å². The maximum absolute atomic E-state index is 13.4. The number of hydrogen-bond donors (Lipinski definition) is 0. The lowest BCUT2D eigenvalue weighted by Crippen LogP contribution is -2.37. The van der Waals surface area contributed by atoms with Crippen LogP contribution >= 0.6 is 35.3 Å². The molecule has 1 aromatic carbocycles. The first-order chi connectivity index (χ1) is 14.1. The number of halogens is 1. The molecule has 4 rings (SSSR count). The highest BCUT2D eigenvalue weighted by atomic mass is 32.2. The van der Waals surface area contributed by atoms with Gasteiger partial charge in [0, 0.05) is 41.7 Å². The van der Waals surface area contributed by atoms with Crippen LogP contribution in [0, 0.1) is 5.82 Å². The molecule has 3 heterocycles. The average molecular weight is 449 g/mol. The Hall–Kier alpha value is -0.820. The van der Waals surface area contributed by atoms with Gasteiger partial charge in [-0.05, 0) is 62.0 Å². The standard InChI is InChI=1S/C23H29FN2S3/c1-25-11-4-9-22(25)19-6-3-12-26(17-19)18-23(10-5-13-28-23)29-15-14-27-21-8-2-7-20(24)16-21/h2-3,5-8,13,16-17,22H,4,9-12,14-15,18H2,1H3. The topological polar surface area (TPSA) is 6.48 Å². The van der Waals surface area contributed by atoms with Crippen molar-refractivity contribution in [1.82, 2.24) is 9.80 Å². The summed E-state index contributed by atoms with van der Waals surface area (Å²) in [4.78, 5) is 6.01. The van der Waals surface area contributed by atoms with Crippen LogP contribution in [-0.2, 0) is 0 Å². The highest BCUT2D eigenvalue weighted by Gasteiger charge is 2.35. The largest absolute Gasteiger partial charge is 0.371 e. The van der Waals surface area contributed by atoms with Gasteiger partial charge in [0.1, 0.15) is 5.82 Å². The molecule has 3 aliphatic rings. The van der Waals surface area contributed by atoms with E-state index in [4.69, 9.17) is 0 Å². The molecule has 0 aliphatic carbocycles. The predicted molar refractivity (Wildman–Crippen MR) is 128 cm³/mol. The number of nitrogens with zero attached hydrogens (tertiary/aromatic N) is 2. The van der Waals surface area contributed by atoms with E-state index in [-0.39, 0.29) is 9.90 Å². The van der Waals surface area contributed by atoms with Crippen LogP contribution in [-0.4, -0.2) is 58.1 Å². The van der Waals surface area contributed by atoms with E-state index >= 15 is 0 Å². The Morgan fingerprint density at radius 2 is 2.21 bits per heavy atom. The Labute approximate surface area is 187 Å². The van der Waals surface area contributed by atoms with E-state index in [0.29, 0.717) is 6.04 Å². The lowest BCUT2D eigenvalue weighted by Gasteiger charge is -2.36. The van der Waals surface area contributed by atoms with Crippen LogP contribution in [0.4, 0.5) is 4.39 Å². The maximum Gasteiger partial charge on any atom is 0.124 e. The fourth-order valence-corrected chi connectivity index (χ4v) is 7.89. The van der Waals surface area contributed by atoms with Crippen molar-refractivity contribution in [2.75, 3.05) is 38.2 Å². The van der Waals surface area contributed by atoms with Gasteiger partial charge in [-0.3, -0.25) is 4.90 Å². The van der Waals surface area contributed by atoms with Crippen molar-refractivity contribution in [3.05, 3.63) is 65.5 Å². The minimum absolute atomic E-state index is 0.150. The highest BCUT2D eigenvalue weighted by molar-refractivity contribution is 8.20. The minimum atomic E-state index is -0.150. The molecule has 0 radical (unpaired) electrons. The fourth-order valence-electron chi connectivity index (χ4n) is 4.21. The van der Waals surface area contributed by atoms with Crippen molar-refractivity contribution in [3.8, 4) is 0 Å². The predicted octanol–water partition coefficient (Wildman–Crippen LogP) is 5.85. The number of rotatable bonds is 8. The Kier molecular flexibility index (Phi) is 7.38. The summed E-state index contributed by atoms with van der Waals surface area (Å²) in [5.41, 5.74) is 1.47. The van der Waals surface area contributed by atoms with Crippen LogP contribution in [0.1, 0.15) is 19.3 Å². The monoisotopic (exact) mass is 448 g/mol. The molecular weight excluding hydrogens is 419 g/mol. The van der Waals surface area contributed by atoms with E-state index in [1.54, 1.807) is 23.9 Å². The first-order valence-electron chi connectivity index (χ1n) is 10.3. The zero-order valence-electron chi connectivity index (χ0n) is 16.9. The van der Waals surface area contributed by atoms with Gasteiger partial charge in [-0.1, -0.05) is 24.3 Å². The van der Waals surface area contributed by atoms with Gasteiger partial charge in [-0.15, -0.1) is 35.3 Å². The van der Waals surface area contributed by atoms with Gasteiger partial charge in [0.2, 0.25) is 0 Å². The quantitative estimate of drug-likeness (QED) is 0.362. The molecule has 1 fully saturated rings. The summed E-state index contributed by atoms with van der Waals surface area (Å²) in [6.07, 6.45) is 13.1. The Morgan fingerprint density at radius 3 is 2.97 bits per heavy atom. The molecule has 1 aromatic rings. The maximum atomic E-state index is 13.4. The van der Waals surface area contributed by atoms with E-state index in [1.807, 2.05) is 17.8 Å². The third-order valence-electron chi connectivity index (χ3n) is 5.65. The second-order valence-electron chi connectivity index (χ2n) is 7.86. The highest BCUT2D eigenvalue weighted by Crippen LogP contribution is 2.47. The molecule has 0 bridgehead atoms. The van der Waals surface area contributed by atoms with E-state index in [0.717, 1.165) is 35.9 Å². The smallest absolute Gasteiger partial charge is 0.124 e. The van der Waals surface area contributed by atoms with Crippen molar-refractivity contribution in [3.63, 3.8) is 0 Å². The average Bonchev–Trinajstić information content (AvgIpc) is 3.35. The molecule has 0 aromatic heterocycles. The van der Waals surface area contributed by atoms with Crippen molar-refractivity contribution >= 4 is 35.3 Å². The van der Waals surface area contributed by atoms with Gasteiger partial charge in [0.05, 0.1) is 4.08 Å². The third-order valence-corrected chi connectivity index (χ3v) is 9.83. The number of benzene rings is 1. The van der Waals surface area contributed by atoms with Crippen LogP contribution in [0.3, 0.4) is 0 Å². The van der Waals surface area contributed by atoms with Gasteiger partial charge in [0.25, 0.3) is 0 Å². The lowest BCUT2D eigenvalue weighted by molar-refractivity contribution is 0.334. The van der Waals surface area contributed by atoms with Gasteiger partial charge >= 0.3 is 0 Å².